The zero-order chi connectivity index (χ0) is 17.4. The molecule has 0 aliphatic carbocycles. The maximum atomic E-state index is 12.1. The minimum atomic E-state index is -0.988. The van der Waals surface area contributed by atoms with Crippen LogP contribution in [-0.2, 0) is 16.0 Å². The van der Waals surface area contributed by atoms with Crippen LogP contribution in [0.15, 0.2) is 24.3 Å². The number of hydrogen-bond acceptors (Lipinski definition) is 5. The van der Waals surface area contributed by atoms with Crippen LogP contribution in [0.3, 0.4) is 0 Å². The summed E-state index contributed by atoms with van der Waals surface area (Å²) in [5.74, 6) is 0.654. The summed E-state index contributed by atoms with van der Waals surface area (Å²) in [4.78, 5) is 13.8. The van der Waals surface area contributed by atoms with Crippen LogP contribution in [0.4, 0.5) is 0 Å². The molecule has 0 radical (unpaired) electrons. The van der Waals surface area contributed by atoms with Crippen molar-refractivity contribution in [2.45, 2.75) is 37.9 Å². The Morgan fingerprint density at radius 1 is 1.25 bits per heavy atom. The first-order valence-electron chi connectivity index (χ1n) is 8.45. The lowest BCUT2D eigenvalue weighted by molar-refractivity contribution is -0.135. The summed E-state index contributed by atoms with van der Waals surface area (Å²) in [6, 6.07) is 7.74. The minimum Gasteiger partial charge on any atom is -0.491 e. The second-order valence-electron chi connectivity index (χ2n) is 6.11. The van der Waals surface area contributed by atoms with Gasteiger partial charge in [0.1, 0.15) is 25.1 Å². The number of aliphatic hydroxyl groups excluding tert-OH is 2. The number of carbonyl (C=O) groups is 1. The van der Waals surface area contributed by atoms with Crippen molar-refractivity contribution in [2.75, 3.05) is 33.4 Å². The van der Waals surface area contributed by atoms with Crippen LogP contribution in [0.1, 0.15) is 24.8 Å². The Bertz CT molecular complexity index is 522. The minimum absolute atomic E-state index is 0.0319. The summed E-state index contributed by atoms with van der Waals surface area (Å²) in [5, 5.41) is 20.2. The Morgan fingerprint density at radius 2 is 2.04 bits per heavy atom. The van der Waals surface area contributed by atoms with Gasteiger partial charge >= 0.3 is 0 Å². The van der Waals surface area contributed by atoms with Crippen LogP contribution >= 0.6 is 0 Å². The summed E-state index contributed by atoms with van der Waals surface area (Å²) >= 11 is 0. The second-order valence-corrected chi connectivity index (χ2v) is 6.11. The van der Waals surface area contributed by atoms with Gasteiger partial charge in [0.05, 0.1) is 6.10 Å². The number of benzene rings is 1. The number of hydrogen-bond donors (Lipinski definition) is 2. The maximum absolute atomic E-state index is 12.1. The topological polar surface area (TPSA) is 79.2 Å². The molecule has 2 atom stereocenters. The van der Waals surface area contributed by atoms with E-state index in [-0.39, 0.29) is 19.1 Å². The average Bonchev–Trinajstić information content (AvgIpc) is 2.60. The number of amides is 1. The monoisotopic (exact) mass is 337 g/mol. The van der Waals surface area contributed by atoms with Crippen molar-refractivity contribution in [3.63, 3.8) is 0 Å². The lowest BCUT2D eigenvalue weighted by Gasteiger charge is -2.25. The van der Waals surface area contributed by atoms with Crippen LogP contribution in [-0.4, -0.2) is 66.6 Å². The Morgan fingerprint density at radius 3 is 2.83 bits per heavy atom. The smallest absolute Gasteiger partial charge is 0.248 e. The molecule has 6 heteroatoms. The number of carbonyl (C=O) groups excluding carboxylic acids is 1. The van der Waals surface area contributed by atoms with Gasteiger partial charge in [0.2, 0.25) is 5.91 Å². The number of para-hydroxylation sites is 1. The molecule has 1 heterocycles. The number of nitrogens with zero attached hydrogens (tertiary/aromatic N) is 1. The van der Waals surface area contributed by atoms with Crippen molar-refractivity contribution < 1.29 is 24.5 Å². The van der Waals surface area contributed by atoms with Gasteiger partial charge in [-0.3, -0.25) is 4.79 Å². The SMILES string of the molecule is COCC(=O)N1CCCCc2ccccc2OC[C@@H](O)[C@@H](O)CC1. The molecule has 0 spiro atoms. The Labute approximate surface area is 143 Å². The molecule has 0 saturated carbocycles. The van der Waals surface area contributed by atoms with Crippen molar-refractivity contribution >= 4 is 5.91 Å². The van der Waals surface area contributed by atoms with Gasteiger partial charge in [0.25, 0.3) is 0 Å². The molecule has 0 aromatic heterocycles. The third-order valence-electron chi connectivity index (χ3n) is 4.27. The quantitative estimate of drug-likeness (QED) is 0.841. The third-order valence-corrected chi connectivity index (χ3v) is 4.27. The van der Waals surface area contributed by atoms with Gasteiger partial charge in [-0.1, -0.05) is 18.2 Å². The lowest BCUT2D eigenvalue weighted by atomic mass is 10.1. The average molecular weight is 337 g/mol. The molecule has 0 bridgehead atoms. The summed E-state index contributed by atoms with van der Waals surface area (Å²) in [5.41, 5.74) is 1.08. The predicted octanol–water partition coefficient (Wildman–Crippen LogP) is 0.989. The second kappa shape index (κ2) is 9.61. The van der Waals surface area contributed by atoms with Crippen molar-refractivity contribution in [1.29, 1.82) is 0 Å². The zero-order valence-corrected chi connectivity index (χ0v) is 14.2. The van der Waals surface area contributed by atoms with Crippen LogP contribution < -0.4 is 4.74 Å². The Hall–Kier alpha value is -1.63. The summed E-state index contributed by atoms with van der Waals surface area (Å²) in [7, 11) is 1.49. The number of aliphatic hydroxyl groups is 2. The van der Waals surface area contributed by atoms with Gasteiger partial charge in [0.15, 0.2) is 0 Å². The van der Waals surface area contributed by atoms with E-state index in [1.165, 1.54) is 7.11 Å². The van der Waals surface area contributed by atoms with Gasteiger partial charge in [-0.25, -0.2) is 0 Å². The molecule has 134 valence electrons. The van der Waals surface area contributed by atoms with Crippen molar-refractivity contribution in [1.82, 2.24) is 4.90 Å². The van der Waals surface area contributed by atoms with E-state index in [9.17, 15) is 15.0 Å². The van der Waals surface area contributed by atoms with Crippen molar-refractivity contribution in [3.8, 4) is 5.75 Å². The summed E-state index contributed by atoms with van der Waals surface area (Å²) in [6.45, 7) is 1.08. The molecule has 1 aliphatic heterocycles. The largest absolute Gasteiger partial charge is 0.491 e. The number of fused-ring (bicyclic) bond motifs is 1. The summed E-state index contributed by atoms with van der Waals surface area (Å²) in [6.07, 6.45) is 1.03. The van der Waals surface area contributed by atoms with E-state index >= 15 is 0 Å². The fourth-order valence-electron chi connectivity index (χ4n) is 2.81. The highest BCUT2D eigenvalue weighted by Crippen LogP contribution is 2.21. The van der Waals surface area contributed by atoms with E-state index in [1.54, 1.807) is 4.90 Å². The molecule has 0 saturated heterocycles. The Kier molecular flexibility index (Phi) is 7.49. The number of rotatable bonds is 2. The molecular weight excluding hydrogens is 310 g/mol. The predicted molar refractivity (Wildman–Crippen MR) is 90.0 cm³/mol. The fraction of sp³-hybridized carbons (Fsp3) is 0.611. The van der Waals surface area contributed by atoms with Crippen LogP contribution in [0.25, 0.3) is 0 Å². The normalized spacial score (nSPS) is 23.2. The molecule has 6 nitrogen and oxygen atoms in total. The summed E-state index contributed by atoms with van der Waals surface area (Å²) < 4.78 is 10.6. The maximum Gasteiger partial charge on any atom is 0.248 e. The van der Waals surface area contributed by atoms with Crippen molar-refractivity contribution in [2.24, 2.45) is 0 Å². The highest BCUT2D eigenvalue weighted by Gasteiger charge is 2.21. The molecule has 1 aromatic rings. The first kappa shape index (κ1) is 18.7. The van der Waals surface area contributed by atoms with Gasteiger partial charge in [0, 0.05) is 20.2 Å². The van der Waals surface area contributed by atoms with Gasteiger partial charge in [-0.05, 0) is 37.3 Å². The fourth-order valence-corrected chi connectivity index (χ4v) is 2.81. The van der Waals surface area contributed by atoms with E-state index in [0.29, 0.717) is 19.5 Å². The number of aryl methyl sites for hydroxylation is 1. The van der Waals surface area contributed by atoms with E-state index in [0.717, 1.165) is 30.6 Å². The van der Waals surface area contributed by atoms with E-state index < -0.39 is 12.2 Å². The van der Waals surface area contributed by atoms with Crippen molar-refractivity contribution in [3.05, 3.63) is 29.8 Å². The number of methoxy groups -OCH3 is 1. The standard InChI is InChI=1S/C18H27NO5/c1-23-13-18(22)19-10-5-4-7-14-6-2-3-8-17(14)24-12-16(21)15(20)9-11-19/h2-3,6,8,15-16,20-21H,4-5,7,9-13H2,1H3/t15-,16+/m0/s1. The first-order chi connectivity index (χ1) is 11.6. The molecule has 1 aromatic carbocycles. The van der Waals surface area contributed by atoms with Crippen LogP contribution in [0, 0.1) is 0 Å². The molecule has 0 fully saturated rings. The molecular formula is C18H27NO5. The Balaban J connectivity index is 2.08. The molecule has 0 unspecified atom stereocenters. The van der Waals surface area contributed by atoms with E-state index in [4.69, 9.17) is 9.47 Å². The molecule has 1 aliphatic rings. The van der Waals surface area contributed by atoms with Gasteiger partial charge < -0.3 is 24.6 Å². The van der Waals surface area contributed by atoms with E-state index in [1.807, 2.05) is 24.3 Å². The molecule has 1 amide bonds. The molecule has 24 heavy (non-hydrogen) atoms. The van der Waals surface area contributed by atoms with Gasteiger partial charge in [-0.2, -0.15) is 0 Å². The highest BCUT2D eigenvalue weighted by molar-refractivity contribution is 5.77. The van der Waals surface area contributed by atoms with Crippen LogP contribution in [0.2, 0.25) is 0 Å². The lowest BCUT2D eigenvalue weighted by Crippen LogP contribution is -2.39. The molecule has 2 rings (SSSR count). The first-order valence-corrected chi connectivity index (χ1v) is 8.45. The zero-order valence-electron chi connectivity index (χ0n) is 14.2. The third kappa shape index (κ3) is 5.47. The number of ether oxygens (including phenoxy) is 2. The van der Waals surface area contributed by atoms with E-state index in [2.05, 4.69) is 0 Å². The van der Waals surface area contributed by atoms with Crippen LogP contribution in [0.5, 0.6) is 5.75 Å². The van der Waals surface area contributed by atoms with Gasteiger partial charge in [-0.15, -0.1) is 0 Å². The molecule has 2 N–H and O–H groups in total. The highest BCUT2D eigenvalue weighted by atomic mass is 16.5.